The molecule has 0 bridgehead atoms. The van der Waals surface area contributed by atoms with Gasteiger partial charge in [0.2, 0.25) is 11.8 Å². The lowest BCUT2D eigenvalue weighted by Gasteiger charge is -2.22. The second kappa shape index (κ2) is 8.87. The van der Waals surface area contributed by atoms with Crippen LogP contribution in [-0.4, -0.2) is 29.4 Å². The number of aromatic nitrogens is 1. The summed E-state index contributed by atoms with van der Waals surface area (Å²) in [6.07, 6.45) is 3.11. The van der Waals surface area contributed by atoms with Crippen LogP contribution in [0.15, 0.2) is 77.2 Å². The van der Waals surface area contributed by atoms with Crippen molar-refractivity contribution in [2.45, 2.75) is 31.7 Å². The van der Waals surface area contributed by atoms with Gasteiger partial charge < -0.3 is 14.1 Å². The van der Waals surface area contributed by atoms with Crippen LogP contribution >= 0.6 is 0 Å². The molecular weight excluding hydrogens is 400 g/mol. The Labute approximate surface area is 187 Å². The van der Waals surface area contributed by atoms with E-state index < -0.39 is 0 Å². The number of carbonyl (C=O) groups excluding carboxylic acids is 1. The van der Waals surface area contributed by atoms with Crippen LogP contribution in [0.3, 0.4) is 0 Å². The molecule has 2 heterocycles. The summed E-state index contributed by atoms with van der Waals surface area (Å²) in [6.45, 7) is 0.758. The molecule has 1 aliphatic rings. The second-order valence-electron chi connectivity index (χ2n) is 8.19. The molecule has 32 heavy (non-hydrogen) atoms. The monoisotopic (exact) mass is 426 g/mol. The van der Waals surface area contributed by atoms with Gasteiger partial charge in [0.05, 0.1) is 7.11 Å². The van der Waals surface area contributed by atoms with Gasteiger partial charge in [-0.05, 0) is 60.2 Å². The van der Waals surface area contributed by atoms with E-state index in [4.69, 9.17) is 14.1 Å². The maximum atomic E-state index is 13.0. The van der Waals surface area contributed by atoms with Crippen molar-refractivity contribution in [2.75, 3.05) is 13.7 Å². The van der Waals surface area contributed by atoms with Gasteiger partial charge in [-0.2, -0.15) is 0 Å². The Morgan fingerprint density at radius 1 is 1.06 bits per heavy atom. The number of carbonyl (C=O) groups is 1. The number of amides is 1. The molecule has 1 atom stereocenters. The molecule has 1 aliphatic heterocycles. The van der Waals surface area contributed by atoms with Crippen LogP contribution in [0.4, 0.5) is 0 Å². The number of benzene rings is 3. The quantitative estimate of drug-likeness (QED) is 0.391. The molecule has 0 spiro atoms. The summed E-state index contributed by atoms with van der Waals surface area (Å²) in [4.78, 5) is 19.7. The molecule has 1 aromatic heterocycles. The highest BCUT2D eigenvalue weighted by atomic mass is 16.5. The van der Waals surface area contributed by atoms with Crippen molar-refractivity contribution in [3.63, 3.8) is 0 Å². The van der Waals surface area contributed by atoms with E-state index in [1.807, 2.05) is 65.6 Å². The van der Waals surface area contributed by atoms with E-state index in [1.54, 1.807) is 7.11 Å². The molecule has 5 heteroatoms. The van der Waals surface area contributed by atoms with Crippen LogP contribution < -0.4 is 4.74 Å². The van der Waals surface area contributed by atoms with Crippen LogP contribution in [-0.2, 0) is 11.2 Å². The normalized spacial score (nSPS) is 15.9. The number of ether oxygens (including phenoxy) is 1. The Morgan fingerprint density at radius 3 is 2.62 bits per heavy atom. The summed E-state index contributed by atoms with van der Waals surface area (Å²) in [6, 6.07) is 24.1. The molecule has 5 rings (SSSR count). The number of aryl methyl sites for hydroxylation is 1. The van der Waals surface area contributed by atoms with E-state index in [0.717, 1.165) is 53.8 Å². The van der Waals surface area contributed by atoms with Crippen molar-refractivity contribution in [1.82, 2.24) is 9.88 Å². The van der Waals surface area contributed by atoms with E-state index in [1.165, 1.54) is 5.56 Å². The average molecular weight is 427 g/mol. The Bertz CT molecular complexity index is 1210. The van der Waals surface area contributed by atoms with E-state index >= 15 is 0 Å². The van der Waals surface area contributed by atoms with Crippen LogP contribution in [0.25, 0.3) is 22.2 Å². The fourth-order valence-corrected chi connectivity index (χ4v) is 4.41. The molecule has 1 amide bonds. The molecule has 4 aromatic rings. The fraction of sp³-hybridized carbons (Fsp3) is 0.259. The largest absolute Gasteiger partial charge is 0.497 e. The lowest BCUT2D eigenvalue weighted by atomic mass is 10.1. The van der Waals surface area contributed by atoms with Gasteiger partial charge in [0.1, 0.15) is 17.3 Å². The average Bonchev–Trinajstić information content (AvgIpc) is 3.50. The topological polar surface area (TPSA) is 55.6 Å². The van der Waals surface area contributed by atoms with E-state index in [-0.39, 0.29) is 11.9 Å². The van der Waals surface area contributed by atoms with Gasteiger partial charge in [-0.1, -0.05) is 48.5 Å². The number of fused-ring (bicyclic) bond motifs is 1. The first-order valence-corrected chi connectivity index (χ1v) is 11.1. The molecule has 0 saturated carbocycles. The van der Waals surface area contributed by atoms with E-state index in [9.17, 15) is 4.79 Å². The maximum Gasteiger partial charge on any atom is 0.223 e. The third-order valence-electron chi connectivity index (χ3n) is 6.16. The van der Waals surface area contributed by atoms with Gasteiger partial charge in [-0.25, -0.2) is 4.98 Å². The highest BCUT2D eigenvalue weighted by molar-refractivity contribution is 5.81. The number of methoxy groups -OCH3 is 1. The Balaban J connectivity index is 1.34. The van der Waals surface area contributed by atoms with Crippen molar-refractivity contribution in [1.29, 1.82) is 0 Å². The lowest BCUT2D eigenvalue weighted by Crippen LogP contribution is -2.30. The Hall–Kier alpha value is -3.60. The zero-order chi connectivity index (χ0) is 21.9. The first kappa shape index (κ1) is 20.3. The highest BCUT2D eigenvalue weighted by Gasteiger charge is 2.33. The molecule has 5 nitrogen and oxygen atoms in total. The zero-order valence-electron chi connectivity index (χ0n) is 18.2. The zero-order valence-corrected chi connectivity index (χ0v) is 18.2. The first-order chi connectivity index (χ1) is 15.7. The van der Waals surface area contributed by atoms with Crippen molar-refractivity contribution in [2.24, 2.45) is 0 Å². The SMILES string of the molecule is COc1ccc(-c2ccc3oc([C@H]4CCCN4C(=O)CCc4ccccc4)nc3c2)cc1. The summed E-state index contributed by atoms with van der Waals surface area (Å²) in [5.41, 5.74) is 4.92. The van der Waals surface area contributed by atoms with Gasteiger partial charge in [0.25, 0.3) is 0 Å². The first-order valence-electron chi connectivity index (χ1n) is 11.1. The molecular formula is C27H26N2O3. The van der Waals surface area contributed by atoms with Crippen molar-refractivity contribution < 1.29 is 13.9 Å². The number of hydrogen-bond donors (Lipinski definition) is 0. The van der Waals surface area contributed by atoms with Gasteiger partial charge in [-0.3, -0.25) is 4.79 Å². The van der Waals surface area contributed by atoms with Gasteiger partial charge in [-0.15, -0.1) is 0 Å². The van der Waals surface area contributed by atoms with Crippen molar-refractivity contribution in [3.8, 4) is 16.9 Å². The molecule has 162 valence electrons. The standard InChI is InChI=1S/C27H26N2O3/c1-31-22-13-10-20(11-14-22)21-12-15-25-23(18-21)28-27(32-25)24-8-5-17-29(24)26(30)16-9-19-6-3-2-4-7-19/h2-4,6-7,10-15,18,24H,5,8-9,16-17H2,1H3/t24-/m1/s1. The Kier molecular flexibility index (Phi) is 5.63. The minimum atomic E-state index is -0.0879. The van der Waals surface area contributed by atoms with Crippen LogP contribution in [0.2, 0.25) is 0 Å². The smallest absolute Gasteiger partial charge is 0.223 e. The molecule has 3 aromatic carbocycles. The van der Waals surface area contributed by atoms with Crippen molar-refractivity contribution >= 4 is 17.0 Å². The number of nitrogens with zero attached hydrogens (tertiary/aromatic N) is 2. The lowest BCUT2D eigenvalue weighted by molar-refractivity contribution is -0.132. The van der Waals surface area contributed by atoms with Crippen molar-refractivity contribution in [3.05, 3.63) is 84.3 Å². The molecule has 0 N–H and O–H groups in total. The highest BCUT2D eigenvalue weighted by Crippen LogP contribution is 2.35. The summed E-state index contributed by atoms with van der Waals surface area (Å²) < 4.78 is 11.3. The number of likely N-dealkylation sites (tertiary alicyclic amines) is 1. The molecule has 0 radical (unpaired) electrons. The Morgan fingerprint density at radius 2 is 1.84 bits per heavy atom. The van der Waals surface area contributed by atoms with Crippen LogP contribution in [0, 0.1) is 0 Å². The molecule has 1 saturated heterocycles. The minimum absolute atomic E-state index is 0.0879. The molecule has 1 fully saturated rings. The summed E-state index contributed by atoms with van der Waals surface area (Å²) in [5, 5.41) is 0. The van der Waals surface area contributed by atoms with Gasteiger partial charge >= 0.3 is 0 Å². The molecule has 0 aliphatic carbocycles. The predicted octanol–water partition coefficient (Wildman–Crippen LogP) is 5.80. The maximum absolute atomic E-state index is 13.0. The third-order valence-corrected chi connectivity index (χ3v) is 6.16. The fourth-order valence-electron chi connectivity index (χ4n) is 4.41. The third kappa shape index (κ3) is 4.11. The van der Waals surface area contributed by atoms with Gasteiger partial charge in [0, 0.05) is 13.0 Å². The minimum Gasteiger partial charge on any atom is -0.497 e. The van der Waals surface area contributed by atoms with Gasteiger partial charge in [0.15, 0.2) is 5.58 Å². The number of rotatable bonds is 6. The van der Waals surface area contributed by atoms with Crippen LogP contribution in [0.5, 0.6) is 5.75 Å². The van der Waals surface area contributed by atoms with E-state index in [0.29, 0.717) is 12.3 Å². The van der Waals surface area contributed by atoms with E-state index in [2.05, 4.69) is 12.1 Å². The number of oxazole rings is 1. The predicted molar refractivity (Wildman–Crippen MR) is 124 cm³/mol. The number of hydrogen-bond acceptors (Lipinski definition) is 4. The second-order valence-corrected chi connectivity index (χ2v) is 8.19. The molecule has 0 unspecified atom stereocenters. The summed E-state index contributed by atoms with van der Waals surface area (Å²) >= 11 is 0. The summed E-state index contributed by atoms with van der Waals surface area (Å²) in [7, 11) is 1.66. The summed E-state index contributed by atoms with van der Waals surface area (Å²) in [5.74, 6) is 1.63. The van der Waals surface area contributed by atoms with Crippen LogP contribution in [0.1, 0.15) is 36.8 Å².